The van der Waals surface area contributed by atoms with Crippen molar-refractivity contribution < 1.29 is 9.59 Å². The average molecular weight is 283 g/mol. The van der Waals surface area contributed by atoms with Crippen molar-refractivity contribution >= 4 is 11.8 Å². The molecule has 5 nitrogen and oxygen atoms in total. The Labute approximate surface area is 122 Å². The molecule has 0 spiro atoms. The first-order valence-corrected chi connectivity index (χ1v) is 7.53. The van der Waals surface area contributed by atoms with Crippen LogP contribution in [0.2, 0.25) is 0 Å². The van der Waals surface area contributed by atoms with Crippen molar-refractivity contribution in [3.63, 3.8) is 0 Å². The Bertz CT molecular complexity index is 331. The Hall–Kier alpha value is -1.10. The minimum Gasteiger partial charge on any atom is -0.347 e. The Morgan fingerprint density at radius 3 is 2.40 bits per heavy atom. The summed E-state index contributed by atoms with van der Waals surface area (Å²) in [6.45, 7) is 11.9. The highest BCUT2D eigenvalue weighted by Gasteiger charge is 2.19. The van der Waals surface area contributed by atoms with E-state index in [0.717, 1.165) is 32.6 Å². The lowest BCUT2D eigenvalue weighted by Gasteiger charge is -2.27. The monoisotopic (exact) mass is 283 g/mol. The third kappa shape index (κ3) is 6.89. The van der Waals surface area contributed by atoms with E-state index >= 15 is 0 Å². The van der Waals surface area contributed by atoms with Crippen LogP contribution in [0.3, 0.4) is 0 Å². The van der Waals surface area contributed by atoms with Crippen LogP contribution in [0, 0.1) is 11.3 Å². The lowest BCUT2D eigenvalue weighted by atomic mass is 9.84. The van der Waals surface area contributed by atoms with Gasteiger partial charge in [-0.2, -0.15) is 0 Å². The highest BCUT2D eigenvalue weighted by molar-refractivity contribution is 5.84. The summed E-state index contributed by atoms with van der Waals surface area (Å²) in [4.78, 5) is 25.5. The second kappa shape index (κ2) is 7.62. The van der Waals surface area contributed by atoms with Gasteiger partial charge in [-0.3, -0.25) is 9.59 Å². The summed E-state index contributed by atoms with van der Waals surface area (Å²) in [5.74, 6) is 0.331. The molecule has 0 bridgehead atoms. The molecular weight excluding hydrogens is 254 g/mol. The first-order chi connectivity index (χ1) is 9.28. The minimum atomic E-state index is -0.0229. The molecule has 0 aromatic heterocycles. The fourth-order valence-corrected chi connectivity index (χ4v) is 2.71. The van der Waals surface area contributed by atoms with Gasteiger partial charge in [-0.05, 0) is 17.8 Å². The molecule has 116 valence electrons. The fraction of sp³-hybridized carbons (Fsp3) is 0.867. The number of hydrogen-bond donors (Lipinski definition) is 2. The van der Waals surface area contributed by atoms with E-state index in [2.05, 4.69) is 38.3 Å². The van der Waals surface area contributed by atoms with E-state index in [0.29, 0.717) is 12.3 Å². The van der Waals surface area contributed by atoms with Crippen LogP contribution in [0.5, 0.6) is 0 Å². The molecule has 0 aliphatic carbocycles. The zero-order valence-electron chi connectivity index (χ0n) is 13.3. The Morgan fingerprint density at radius 1 is 1.25 bits per heavy atom. The minimum absolute atomic E-state index is 0.0170. The normalized spacial score (nSPS) is 17.7. The van der Waals surface area contributed by atoms with Crippen molar-refractivity contribution in [2.45, 2.75) is 40.5 Å². The van der Waals surface area contributed by atoms with E-state index in [9.17, 15) is 9.59 Å². The van der Waals surface area contributed by atoms with Gasteiger partial charge in [-0.15, -0.1) is 0 Å². The van der Waals surface area contributed by atoms with Crippen molar-refractivity contribution in [3.05, 3.63) is 0 Å². The van der Waals surface area contributed by atoms with Crippen LogP contribution in [-0.2, 0) is 9.59 Å². The summed E-state index contributed by atoms with van der Waals surface area (Å²) in [5, 5.41) is 5.95. The van der Waals surface area contributed by atoms with E-state index in [1.807, 2.05) is 0 Å². The molecule has 0 radical (unpaired) electrons. The molecule has 1 aliphatic heterocycles. The predicted molar refractivity (Wildman–Crippen MR) is 80.3 cm³/mol. The number of carbonyl (C=O) groups is 2. The molecule has 0 aromatic rings. The number of piperazine rings is 1. The molecule has 1 unspecified atom stereocenters. The van der Waals surface area contributed by atoms with E-state index < -0.39 is 0 Å². The van der Waals surface area contributed by atoms with Gasteiger partial charge in [0.1, 0.15) is 0 Å². The number of amides is 2. The molecule has 1 fully saturated rings. The zero-order chi connectivity index (χ0) is 15.2. The second-order valence-electron chi connectivity index (χ2n) is 6.98. The van der Waals surface area contributed by atoms with Crippen LogP contribution in [0.4, 0.5) is 0 Å². The topological polar surface area (TPSA) is 61.4 Å². The lowest BCUT2D eigenvalue weighted by Crippen LogP contribution is -2.49. The summed E-state index contributed by atoms with van der Waals surface area (Å²) in [6, 6.07) is 0. The van der Waals surface area contributed by atoms with Gasteiger partial charge >= 0.3 is 0 Å². The molecule has 2 amide bonds. The van der Waals surface area contributed by atoms with Crippen LogP contribution >= 0.6 is 0 Å². The van der Waals surface area contributed by atoms with Crippen molar-refractivity contribution in [1.82, 2.24) is 15.5 Å². The summed E-state index contributed by atoms with van der Waals surface area (Å²) in [5.41, 5.74) is 0.232. The van der Waals surface area contributed by atoms with Crippen molar-refractivity contribution in [3.8, 4) is 0 Å². The van der Waals surface area contributed by atoms with Gasteiger partial charge in [-0.1, -0.05) is 27.7 Å². The zero-order valence-corrected chi connectivity index (χ0v) is 13.3. The molecule has 2 N–H and O–H groups in total. The first kappa shape index (κ1) is 17.0. The van der Waals surface area contributed by atoms with Gasteiger partial charge in [0.05, 0.1) is 6.54 Å². The van der Waals surface area contributed by atoms with E-state index in [4.69, 9.17) is 0 Å². The van der Waals surface area contributed by atoms with Crippen molar-refractivity contribution in [2.24, 2.45) is 11.3 Å². The third-order valence-electron chi connectivity index (χ3n) is 3.40. The van der Waals surface area contributed by atoms with Crippen LogP contribution in [-0.4, -0.2) is 49.4 Å². The number of nitrogens with zero attached hydrogens (tertiary/aromatic N) is 1. The summed E-state index contributed by atoms with van der Waals surface area (Å²) >= 11 is 0. The maximum atomic E-state index is 11.9. The van der Waals surface area contributed by atoms with E-state index in [1.54, 1.807) is 4.90 Å². The number of hydrogen-bond acceptors (Lipinski definition) is 3. The number of carbonyl (C=O) groups excluding carboxylic acids is 2. The fourth-order valence-electron chi connectivity index (χ4n) is 2.71. The molecule has 1 rings (SSSR count). The molecule has 1 atom stereocenters. The molecular formula is C15H29N3O2. The van der Waals surface area contributed by atoms with E-state index in [1.165, 1.54) is 0 Å². The maximum Gasteiger partial charge on any atom is 0.242 e. The molecule has 0 aromatic carbocycles. The molecule has 5 heteroatoms. The smallest absolute Gasteiger partial charge is 0.242 e. The quantitative estimate of drug-likeness (QED) is 0.791. The molecule has 1 saturated heterocycles. The van der Waals surface area contributed by atoms with Gasteiger partial charge in [0.2, 0.25) is 11.8 Å². The highest BCUT2D eigenvalue weighted by Crippen LogP contribution is 2.25. The summed E-state index contributed by atoms with van der Waals surface area (Å²) in [7, 11) is 0. The van der Waals surface area contributed by atoms with Gasteiger partial charge in [0.15, 0.2) is 0 Å². The molecule has 0 saturated carbocycles. The van der Waals surface area contributed by atoms with Crippen molar-refractivity contribution in [2.75, 3.05) is 32.7 Å². The Balaban J connectivity index is 2.23. The van der Waals surface area contributed by atoms with Crippen molar-refractivity contribution in [1.29, 1.82) is 0 Å². The van der Waals surface area contributed by atoms with Gasteiger partial charge < -0.3 is 15.5 Å². The average Bonchev–Trinajstić information content (AvgIpc) is 2.34. The highest BCUT2D eigenvalue weighted by atomic mass is 16.2. The van der Waals surface area contributed by atoms with Crippen LogP contribution in [0.25, 0.3) is 0 Å². The molecule has 20 heavy (non-hydrogen) atoms. The number of rotatable bonds is 5. The SMILES string of the molecule is CC(CC(=O)NCC(=O)N1CCNCC1)CC(C)(C)C. The lowest BCUT2D eigenvalue weighted by molar-refractivity contribution is -0.133. The van der Waals surface area contributed by atoms with Crippen LogP contribution in [0.15, 0.2) is 0 Å². The first-order valence-electron chi connectivity index (χ1n) is 7.53. The van der Waals surface area contributed by atoms with Gasteiger partial charge in [0.25, 0.3) is 0 Å². The summed E-state index contributed by atoms with van der Waals surface area (Å²) in [6.07, 6.45) is 1.50. The standard InChI is InChI=1S/C15H29N3O2/c1-12(10-15(2,3)4)9-13(19)17-11-14(20)18-7-5-16-6-8-18/h12,16H,5-11H2,1-4H3,(H,17,19). The van der Waals surface area contributed by atoms with Gasteiger partial charge in [0, 0.05) is 32.6 Å². The molecule has 1 aliphatic rings. The Kier molecular flexibility index (Phi) is 6.46. The Morgan fingerprint density at radius 2 is 1.85 bits per heavy atom. The molecule has 1 heterocycles. The van der Waals surface area contributed by atoms with E-state index in [-0.39, 0.29) is 23.8 Å². The number of nitrogens with one attached hydrogen (secondary N) is 2. The van der Waals surface area contributed by atoms with Gasteiger partial charge in [-0.25, -0.2) is 0 Å². The summed E-state index contributed by atoms with van der Waals surface area (Å²) < 4.78 is 0. The van der Waals surface area contributed by atoms with Crippen LogP contribution in [0.1, 0.15) is 40.5 Å². The second-order valence-corrected chi connectivity index (χ2v) is 6.98. The van der Waals surface area contributed by atoms with Crippen LogP contribution < -0.4 is 10.6 Å². The predicted octanol–water partition coefficient (Wildman–Crippen LogP) is 0.997. The maximum absolute atomic E-state index is 11.9. The largest absolute Gasteiger partial charge is 0.347 e. The third-order valence-corrected chi connectivity index (χ3v) is 3.40.